The molecule has 3 aromatic rings. The van der Waals surface area contributed by atoms with Crippen LogP contribution in [0.5, 0.6) is 5.75 Å². The predicted octanol–water partition coefficient (Wildman–Crippen LogP) is 2.62. The van der Waals surface area contributed by atoms with Gasteiger partial charge in [0.2, 0.25) is 0 Å². The van der Waals surface area contributed by atoms with Crippen LogP contribution in [0, 0.1) is 0 Å². The summed E-state index contributed by atoms with van der Waals surface area (Å²) in [6.45, 7) is 1.11. The molecule has 1 N–H and O–H groups in total. The fourth-order valence-electron chi connectivity index (χ4n) is 2.56. The smallest absolute Gasteiger partial charge is 0.124 e. The third-order valence-corrected chi connectivity index (χ3v) is 3.70. The maximum Gasteiger partial charge on any atom is 0.124 e. The van der Waals surface area contributed by atoms with Crippen molar-refractivity contribution in [2.75, 3.05) is 13.7 Å². The van der Waals surface area contributed by atoms with Crippen molar-refractivity contribution in [3.63, 3.8) is 0 Å². The third-order valence-electron chi connectivity index (χ3n) is 3.70. The van der Waals surface area contributed by atoms with Crippen LogP contribution in [-0.2, 0) is 17.9 Å². The third kappa shape index (κ3) is 3.70. The molecule has 0 radical (unpaired) electrons. The Morgan fingerprint density at radius 2 is 1.91 bits per heavy atom. The van der Waals surface area contributed by atoms with Gasteiger partial charge in [0.1, 0.15) is 5.75 Å². The average molecular weight is 312 g/mol. The number of aliphatic hydroxyl groups is 1. The van der Waals surface area contributed by atoms with Gasteiger partial charge < -0.3 is 19.1 Å². The number of nitrogens with zero attached hydrogens (tertiary/aromatic N) is 2. The Kier molecular flexibility index (Phi) is 4.90. The number of hydrogen-bond acceptors (Lipinski definition) is 4. The van der Waals surface area contributed by atoms with Gasteiger partial charge >= 0.3 is 0 Å². The summed E-state index contributed by atoms with van der Waals surface area (Å²) in [6.07, 6.45) is 1.15. The van der Waals surface area contributed by atoms with E-state index in [-0.39, 0.29) is 6.61 Å². The molecule has 1 heterocycles. The molecule has 0 aliphatic rings. The lowest BCUT2D eigenvalue weighted by Crippen LogP contribution is -2.21. The molecular weight excluding hydrogens is 292 g/mol. The normalized spacial score (nSPS) is 12.4. The van der Waals surface area contributed by atoms with Crippen LogP contribution < -0.4 is 4.74 Å². The first-order valence-electron chi connectivity index (χ1n) is 7.55. The minimum atomic E-state index is -0.595. The molecule has 120 valence electrons. The molecule has 0 fully saturated rings. The summed E-state index contributed by atoms with van der Waals surface area (Å²) in [6, 6.07) is 15.6. The van der Waals surface area contributed by atoms with Crippen molar-refractivity contribution in [1.82, 2.24) is 9.55 Å². The van der Waals surface area contributed by atoms with Crippen LogP contribution in [0.15, 0.2) is 54.9 Å². The van der Waals surface area contributed by atoms with Gasteiger partial charge in [-0.05, 0) is 18.2 Å². The number of hydrogen-bond donors (Lipinski definition) is 1. The summed E-state index contributed by atoms with van der Waals surface area (Å²) in [5.74, 6) is 0.794. The highest BCUT2D eigenvalue weighted by Gasteiger charge is 2.09. The maximum absolute atomic E-state index is 10.2. The molecule has 2 aromatic carbocycles. The lowest BCUT2D eigenvalue weighted by Gasteiger charge is -2.14. The molecule has 5 nitrogen and oxygen atoms in total. The van der Waals surface area contributed by atoms with E-state index in [1.165, 1.54) is 0 Å². The second-order valence-electron chi connectivity index (χ2n) is 5.37. The van der Waals surface area contributed by atoms with Crippen LogP contribution in [-0.4, -0.2) is 34.5 Å². The zero-order valence-electron chi connectivity index (χ0n) is 13.1. The topological polar surface area (TPSA) is 56.5 Å². The minimum Gasteiger partial charge on any atom is -0.496 e. The molecule has 0 unspecified atom stereocenters. The van der Waals surface area contributed by atoms with Crippen LogP contribution in [0.3, 0.4) is 0 Å². The van der Waals surface area contributed by atoms with Crippen LogP contribution in [0.25, 0.3) is 11.0 Å². The fourth-order valence-corrected chi connectivity index (χ4v) is 2.56. The molecule has 0 bridgehead atoms. The Bertz CT molecular complexity index is 770. The summed E-state index contributed by atoms with van der Waals surface area (Å²) < 4.78 is 12.8. The van der Waals surface area contributed by atoms with Crippen molar-refractivity contribution < 1.29 is 14.6 Å². The van der Waals surface area contributed by atoms with Gasteiger partial charge in [-0.2, -0.15) is 0 Å². The van der Waals surface area contributed by atoms with Gasteiger partial charge in [0, 0.05) is 5.56 Å². The second-order valence-corrected chi connectivity index (χ2v) is 5.37. The monoisotopic (exact) mass is 312 g/mol. The number of methoxy groups -OCH3 is 1. The van der Waals surface area contributed by atoms with Crippen LogP contribution in [0.1, 0.15) is 5.56 Å². The van der Waals surface area contributed by atoms with Crippen molar-refractivity contribution in [2.45, 2.75) is 19.3 Å². The molecule has 0 aliphatic carbocycles. The molecule has 0 saturated heterocycles. The number of aromatic nitrogens is 2. The van der Waals surface area contributed by atoms with Crippen LogP contribution in [0.4, 0.5) is 0 Å². The molecule has 5 heteroatoms. The minimum absolute atomic E-state index is 0.255. The highest BCUT2D eigenvalue weighted by atomic mass is 16.5. The lowest BCUT2D eigenvalue weighted by atomic mass is 10.2. The van der Waals surface area contributed by atoms with Crippen LogP contribution >= 0.6 is 0 Å². The standard InChI is InChI=1S/C18H20N2O3/c1-22-18-9-5-2-6-14(18)11-23-12-15(21)10-20-13-19-16-7-3-4-8-17(16)20/h2-9,13,15,21H,10-12H2,1H3/t15-/m0/s1. The van der Waals surface area contributed by atoms with E-state index in [1.807, 2.05) is 53.1 Å². The number of imidazole rings is 1. The maximum atomic E-state index is 10.2. The van der Waals surface area contributed by atoms with Gasteiger partial charge in [0.05, 0.1) is 50.3 Å². The zero-order valence-corrected chi connectivity index (χ0v) is 13.1. The average Bonchev–Trinajstić information content (AvgIpc) is 2.98. The number of fused-ring (bicyclic) bond motifs is 1. The van der Waals surface area contributed by atoms with Gasteiger partial charge in [-0.15, -0.1) is 0 Å². The molecule has 23 heavy (non-hydrogen) atoms. The lowest BCUT2D eigenvalue weighted by molar-refractivity contribution is 0.0203. The zero-order chi connectivity index (χ0) is 16.1. The first kappa shape index (κ1) is 15.5. The first-order valence-corrected chi connectivity index (χ1v) is 7.55. The first-order chi connectivity index (χ1) is 11.3. The molecule has 1 aromatic heterocycles. The molecule has 0 aliphatic heterocycles. The predicted molar refractivity (Wildman–Crippen MR) is 88.4 cm³/mol. The van der Waals surface area contributed by atoms with Gasteiger partial charge in [-0.25, -0.2) is 4.98 Å². The summed E-state index contributed by atoms with van der Waals surface area (Å²) in [5.41, 5.74) is 2.90. The van der Waals surface area contributed by atoms with E-state index in [2.05, 4.69) is 4.98 Å². The Labute approximate surface area is 135 Å². The van der Waals surface area contributed by atoms with Crippen molar-refractivity contribution in [1.29, 1.82) is 0 Å². The van der Waals surface area contributed by atoms with Crippen LogP contribution in [0.2, 0.25) is 0 Å². The summed E-state index contributed by atoms with van der Waals surface area (Å²) >= 11 is 0. The van der Waals surface area contributed by atoms with Gasteiger partial charge in [-0.3, -0.25) is 0 Å². The van der Waals surface area contributed by atoms with Gasteiger partial charge in [0.25, 0.3) is 0 Å². The van der Waals surface area contributed by atoms with E-state index in [9.17, 15) is 5.11 Å². The summed E-state index contributed by atoms with van der Waals surface area (Å²) in [7, 11) is 1.64. The van der Waals surface area contributed by atoms with E-state index in [1.54, 1.807) is 13.4 Å². The Morgan fingerprint density at radius 3 is 2.78 bits per heavy atom. The second kappa shape index (κ2) is 7.26. The number of benzene rings is 2. The molecule has 3 rings (SSSR count). The molecule has 0 saturated carbocycles. The molecular formula is C18H20N2O3. The van der Waals surface area contributed by atoms with E-state index < -0.39 is 6.10 Å². The quantitative estimate of drug-likeness (QED) is 0.728. The van der Waals surface area contributed by atoms with Gasteiger partial charge in [-0.1, -0.05) is 30.3 Å². The number of aliphatic hydroxyl groups excluding tert-OH is 1. The Balaban J connectivity index is 1.54. The van der Waals surface area contributed by atoms with Crippen molar-refractivity contribution >= 4 is 11.0 Å². The van der Waals surface area contributed by atoms with E-state index in [0.717, 1.165) is 22.3 Å². The van der Waals surface area contributed by atoms with Gasteiger partial charge in [0.15, 0.2) is 0 Å². The highest BCUT2D eigenvalue weighted by Crippen LogP contribution is 2.18. The number of para-hydroxylation sites is 3. The Morgan fingerprint density at radius 1 is 1.13 bits per heavy atom. The summed E-state index contributed by atoms with van der Waals surface area (Å²) in [5, 5.41) is 10.2. The number of ether oxygens (including phenoxy) is 2. The molecule has 0 spiro atoms. The van der Waals surface area contributed by atoms with Crippen molar-refractivity contribution in [3.05, 3.63) is 60.4 Å². The Hall–Kier alpha value is -2.37. The van der Waals surface area contributed by atoms with E-state index in [0.29, 0.717) is 13.2 Å². The largest absolute Gasteiger partial charge is 0.496 e. The fraction of sp³-hybridized carbons (Fsp3) is 0.278. The van der Waals surface area contributed by atoms with E-state index in [4.69, 9.17) is 9.47 Å². The SMILES string of the molecule is COc1ccccc1COC[C@@H](O)Cn1cnc2ccccc21. The van der Waals surface area contributed by atoms with E-state index >= 15 is 0 Å². The van der Waals surface area contributed by atoms with Crippen molar-refractivity contribution in [3.8, 4) is 5.75 Å². The molecule has 0 amide bonds. The molecule has 1 atom stereocenters. The summed E-state index contributed by atoms with van der Waals surface area (Å²) in [4.78, 5) is 4.32. The number of rotatable bonds is 7. The van der Waals surface area contributed by atoms with Crippen molar-refractivity contribution in [2.24, 2.45) is 0 Å². The highest BCUT2D eigenvalue weighted by molar-refractivity contribution is 5.74.